The van der Waals surface area contributed by atoms with Crippen LogP contribution in [0.4, 0.5) is 10.7 Å². The molecule has 0 unspecified atom stereocenters. The smallest absolute Gasteiger partial charge is 0.324 e. The van der Waals surface area contributed by atoms with Crippen molar-refractivity contribution in [1.82, 2.24) is 29.5 Å². The molecule has 0 spiro atoms. The van der Waals surface area contributed by atoms with Crippen molar-refractivity contribution in [2.24, 2.45) is 7.05 Å². The standard InChI is InChI=1S/C20H25N7O/c1-25-8-6-17(7-9-25)27(3)20(28)24-19-21-11-15-5-4-14(10-18(15)23-19)16-12-22-26(2)13-16/h4-5,10-13,17H,6-9H2,1-3H3,(H,21,23,24,28). The predicted octanol–water partition coefficient (Wildman–Crippen LogP) is 2.59. The number of urea groups is 1. The number of fused-ring (bicyclic) bond motifs is 1. The fraction of sp³-hybridized carbons (Fsp3) is 0.400. The van der Waals surface area contributed by atoms with Crippen LogP contribution >= 0.6 is 0 Å². The molecule has 3 heterocycles. The molecule has 2 aromatic heterocycles. The zero-order valence-electron chi connectivity index (χ0n) is 16.5. The number of aryl methyl sites for hydroxylation is 1. The van der Waals surface area contributed by atoms with Gasteiger partial charge < -0.3 is 9.80 Å². The lowest BCUT2D eigenvalue weighted by molar-refractivity contribution is 0.156. The molecule has 0 radical (unpaired) electrons. The molecule has 3 aromatic rings. The number of piperidine rings is 1. The number of amides is 2. The Morgan fingerprint density at radius 3 is 2.68 bits per heavy atom. The molecular formula is C20H25N7O. The number of nitrogens with zero attached hydrogens (tertiary/aromatic N) is 6. The number of hydrogen-bond acceptors (Lipinski definition) is 5. The zero-order valence-corrected chi connectivity index (χ0v) is 16.5. The van der Waals surface area contributed by atoms with Crippen molar-refractivity contribution in [3.05, 3.63) is 36.8 Å². The molecule has 8 nitrogen and oxygen atoms in total. The van der Waals surface area contributed by atoms with Gasteiger partial charge in [-0.3, -0.25) is 10.00 Å². The molecule has 1 N–H and O–H groups in total. The summed E-state index contributed by atoms with van der Waals surface area (Å²) in [5.74, 6) is 0.320. The first kappa shape index (κ1) is 18.4. The first-order chi connectivity index (χ1) is 13.5. The zero-order chi connectivity index (χ0) is 19.7. The van der Waals surface area contributed by atoms with E-state index in [2.05, 4.69) is 32.3 Å². The van der Waals surface area contributed by atoms with Crippen LogP contribution in [-0.2, 0) is 7.05 Å². The molecule has 4 rings (SSSR count). The first-order valence-corrected chi connectivity index (χ1v) is 9.48. The molecule has 1 fully saturated rings. The SMILES string of the molecule is CN1CCC(N(C)C(=O)Nc2ncc3ccc(-c4cnn(C)c4)cc3n2)CC1. The minimum Gasteiger partial charge on any atom is -0.324 e. The number of nitrogens with one attached hydrogen (secondary N) is 1. The normalized spacial score (nSPS) is 15.7. The summed E-state index contributed by atoms with van der Waals surface area (Å²) in [4.78, 5) is 25.5. The molecule has 0 saturated carbocycles. The van der Waals surface area contributed by atoms with E-state index >= 15 is 0 Å². The number of likely N-dealkylation sites (tertiary alicyclic amines) is 1. The van der Waals surface area contributed by atoms with E-state index in [-0.39, 0.29) is 12.1 Å². The second-order valence-electron chi connectivity index (χ2n) is 7.45. The molecule has 146 valence electrons. The predicted molar refractivity (Wildman–Crippen MR) is 109 cm³/mol. The van der Waals surface area contributed by atoms with E-state index in [0.717, 1.165) is 48.0 Å². The Hall–Kier alpha value is -3.00. The van der Waals surface area contributed by atoms with Gasteiger partial charge >= 0.3 is 6.03 Å². The third-order valence-electron chi connectivity index (χ3n) is 5.40. The Labute approximate surface area is 164 Å². The highest BCUT2D eigenvalue weighted by Gasteiger charge is 2.24. The van der Waals surface area contributed by atoms with Crippen LogP contribution in [0.15, 0.2) is 36.8 Å². The van der Waals surface area contributed by atoms with Gasteiger partial charge in [0.15, 0.2) is 0 Å². The highest BCUT2D eigenvalue weighted by Crippen LogP contribution is 2.23. The summed E-state index contributed by atoms with van der Waals surface area (Å²) < 4.78 is 1.77. The van der Waals surface area contributed by atoms with Gasteiger partial charge in [-0.25, -0.2) is 14.8 Å². The third kappa shape index (κ3) is 3.82. The van der Waals surface area contributed by atoms with E-state index in [1.165, 1.54) is 0 Å². The minimum atomic E-state index is -0.169. The monoisotopic (exact) mass is 379 g/mol. The lowest BCUT2D eigenvalue weighted by atomic mass is 10.0. The van der Waals surface area contributed by atoms with E-state index in [9.17, 15) is 4.79 Å². The molecule has 1 aromatic carbocycles. The number of benzene rings is 1. The summed E-state index contributed by atoms with van der Waals surface area (Å²) in [6.07, 6.45) is 7.48. The number of carbonyl (C=O) groups is 1. The van der Waals surface area contributed by atoms with Crippen molar-refractivity contribution in [2.45, 2.75) is 18.9 Å². The van der Waals surface area contributed by atoms with Crippen molar-refractivity contribution in [2.75, 3.05) is 32.5 Å². The molecule has 0 atom stereocenters. The number of aromatic nitrogens is 4. The van der Waals surface area contributed by atoms with Crippen molar-refractivity contribution >= 4 is 22.9 Å². The summed E-state index contributed by atoms with van der Waals surface area (Å²) >= 11 is 0. The molecule has 8 heteroatoms. The van der Waals surface area contributed by atoms with Crippen molar-refractivity contribution in [1.29, 1.82) is 0 Å². The largest absolute Gasteiger partial charge is 0.324 e. The van der Waals surface area contributed by atoms with Crippen LogP contribution in [-0.4, -0.2) is 68.8 Å². The van der Waals surface area contributed by atoms with Crippen LogP contribution in [0.25, 0.3) is 22.0 Å². The number of rotatable bonds is 3. The van der Waals surface area contributed by atoms with Gasteiger partial charge in [0.25, 0.3) is 0 Å². The number of hydrogen-bond donors (Lipinski definition) is 1. The van der Waals surface area contributed by atoms with Gasteiger partial charge in [0.05, 0.1) is 11.7 Å². The van der Waals surface area contributed by atoms with E-state index in [4.69, 9.17) is 0 Å². The molecular weight excluding hydrogens is 354 g/mol. The molecule has 0 aliphatic carbocycles. The lowest BCUT2D eigenvalue weighted by Crippen LogP contribution is -2.46. The van der Waals surface area contributed by atoms with Gasteiger partial charge in [-0.05, 0) is 44.6 Å². The molecule has 1 aliphatic heterocycles. The molecule has 1 saturated heterocycles. The Bertz CT molecular complexity index is 991. The maximum absolute atomic E-state index is 12.6. The number of anilines is 1. The molecule has 28 heavy (non-hydrogen) atoms. The maximum atomic E-state index is 12.6. The summed E-state index contributed by atoms with van der Waals surface area (Å²) in [5.41, 5.74) is 2.84. The van der Waals surface area contributed by atoms with E-state index in [1.54, 1.807) is 15.8 Å². The van der Waals surface area contributed by atoms with Gasteiger partial charge in [-0.2, -0.15) is 5.10 Å². The third-order valence-corrected chi connectivity index (χ3v) is 5.40. The Morgan fingerprint density at radius 2 is 1.96 bits per heavy atom. The van der Waals surface area contributed by atoms with Crippen molar-refractivity contribution in [3.8, 4) is 11.1 Å². The Kier molecular flexibility index (Phi) is 4.95. The van der Waals surface area contributed by atoms with Crippen LogP contribution in [0.5, 0.6) is 0 Å². The van der Waals surface area contributed by atoms with Crippen LogP contribution < -0.4 is 5.32 Å². The molecule has 1 aliphatic rings. The Balaban J connectivity index is 1.51. The second kappa shape index (κ2) is 7.55. The van der Waals surface area contributed by atoms with Gasteiger partial charge in [0.1, 0.15) is 0 Å². The average molecular weight is 379 g/mol. The summed E-state index contributed by atoms with van der Waals surface area (Å²) in [7, 11) is 5.84. The second-order valence-corrected chi connectivity index (χ2v) is 7.45. The first-order valence-electron chi connectivity index (χ1n) is 9.48. The number of carbonyl (C=O) groups excluding carboxylic acids is 1. The summed E-state index contributed by atoms with van der Waals surface area (Å²) in [5, 5.41) is 7.98. The van der Waals surface area contributed by atoms with Crippen LogP contribution in [0, 0.1) is 0 Å². The fourth-order valence-corrected chi connectivity index (χ4v) is 3.57. The van der Waals surface area contributed by atoms with Crippen LogP contribution in [0.1, 0.15) is 12.8 Å². The summed E-state index contributed by atoms with van der Waals surface area (Å²) in [6.45, 7) is 2.01. The van der Waals surface area contributed by atoms with Gasteiger partial charge in [-0.15, -0.1) is 0 Å². The van der Waals surface area contributed by atoms with Gasteiger partial charge in [0.2, 0.25) is 5.95 Å². The Morgan fingerprint density at radius 1 is 1.18 bits per heavy atom. The summed E-state index contributed by atoms with van der Waals surface area (Å²) in [6, 6.07) is 6.07. The maximum Gasteiger partial charge on any atom is 0.324 e. The van der Waals surface area contributed by atoms with E-state index < -0.39 is 0 Å². The van der Waals surface area contributed by atoms with Crippen LogP contribution in [0.2, 0.25) is 0 Å². The lowest BCUT2D eigenvalue weighted by Gasteiger charge is -2.34. The van der Waals surface area contributed by atoms with E-state index in [1.807, 2.05) is 44.7 Å². The highest BCUT2D eigenvalue weighted by atomic mass is 16.2. The van der Waals surface area contributed by atoms with Crippen molar-refractivity contribution < 1.29 is 4.79 Å². The average Bonchev–Trinajstić information content (AvgIpc) is 3.14. The van der Waals surface area contributed by atoms with Gasteiger partial charge in [0, 0.05) is 43.5 Å². The van der Waals surface area contributed by atoms with Crippen molar-refractivity contribution in [3.63, 3.8) is 0 Å². The molecule has 0 bridgehead atoms. The van der Waals surface area contributed by atoms with E-state index in [0.29, 0.717) is 5.95 Å². The fourth-order valence-electron chi connectivity index (χ4n) is 3.57. The topological polar surface area (TPSA) is 79.2 Å². The quantitative estimate of drug-likeness (QED) is 0.757. The highest BCUT2D eigenvalue weighted by molar-refractivity contribution is 5.89. The van der Waals surface area contributed by atoms with Crippen LogP contribution in [0.3, 0.4) is 0 Å². The van der Waals surface area contributed by atoms with Gasteiger partial charge in [-0.1, -0.05) is 12.1 Å². The molecule has 2 amide bonds. The minimum absolute atomic E-state index is 0.169.